The number of amides is 2. The number of hydrogen-bond acceptors (Lipinski definition) is 2. The van der Waals surface area contributed by atoms with Crippen molar-refractivity contribution < 1.29 is 14.0 Å². The number of benzene rings is 3. The van der Waals surface area contributed by atoms with Gasteiger partial charge in [0.15, 0.2) is 0 Å². The molecule has 0 aliphatic carbocycles. The average molecular weight is 447 g/mol. The number of nitrogens with zero attached hydrogens (tertiary/aromatic N) is 2. The quantitative estimate of drug-likeness (QED) is 0.429. The summed E-state index contributed by atoms with van der Waals surface area (Å²) in [6, 6.07) is 23.7. The van der Waals surface area contributed by atoms with Crippen molar-refractivity contribution in [2.24, 2.45) is 5.92 Å². The van der Waals surface area contributed by atoms with Gasteiger partial charge in [-0.1, -0.05) is 68.4 Å². The van der Waals surface area contributed by atoms with Crippen LogP contribution in [0.15, 0.2) is 78.9 Å². The van der Waals surface area contributed by atoms with Gasteiger partial charge in [0.2, 0.25) is 11.8 Å². The molecule has 0 spiro atoms. The van der Waals surface area contributed by atoms with Gasteiger partial charge in [-0.3, -0.25) is 9.59 Å². The van der Waals surface area contributed by atoms with Gasteiger partial charge in [-0.2, -0.15) is 0 Å². The molecule has 5 heteroatoms. The zero-order valence-electron chi connectivity index (χ0n) is 19.5. The lowest BCUT2D eigenvalue weighted by molar-refractivity contribution is -0.129. The summed E-state index contributed by atoms with van der Waals surface area (Å²) < 4.78 is 13.7. The van der Waals surface area contributed by atoms with Gasteiger partial charge in [0, 0.05) is 25.7 Å². The molecule has 3 rings (SSSR count). The Morgan fingerprint density at radius 1 is 0.788 bits per heavy atom. The van der Waals surface area contributed by atoms with Gasteiger partial charge in [0.25, 0.3) is 0 Å². The minimum absolute atomic E-state index is 0.0133. The summed E-state index contributed by atoms with van der Waals surface area (Å²) in [6.45, 7) is 4.85. The highest BCUT2D eigenvalue weighted by molar-refractivity contribution is 5.93. The predicted molar refractivity (Wildman–Crippen MR) is 130 cm³/mol. The molecule has 0 heterocycles. The molecular formula is C28H31FN2O2. The van der Waals surface area contributed by atoms with Crippen molar-refractivity contribution in [1.82, 2.24) is 4.90 Å². The lowest BCUT2D eigenvalue weighted by Gasteiger charge is -2.24. The van der Waals surface area contributed by atoms with Crippen LogP contribution in [0.2, 0.25) is 0 Å². The second-order valence-electron chi connectivity index (χ2n) is 8.79. The lowest BCUT2D eigenvalue weighted by atomic mass is 10.1. The molecule has 0 N–H and O–H groups in total. The van der Waals surface area contributed by atoms with E-state index in [-0.39, 0.29) is 30.0 Å². The Morgan fingerprint density at radius 2 is 1.45 bits per heavy atom. The van der Waals surface area contributed by atoms with Gasteiger partial charge in [0.1, 0.15) is 5.82 Å². The number of carbonyl (C=O) groups excluding carboxylic acids is 2. The molecule has 3 aromatic rings. The first-order valence-corrected chi connectivity index (χ1v) is 11.2. The van der Waals surface area contributed by atoms with Crippen LogP contribution in [0, 0.1) is 11.7 Å². The van der Waals surface area contributed by atoms with Crippen LogP contribution < -0.4 is 4.90 Å². The molecule has 0 aromatic heterocycles. The Labute approximate surface area is 195 Å². The normalized spacial score (nSPS) is 10.8. The summed E-state index contributed by atoms with van der Waals surface area (Å²) >= 11 is 0. The molecule has 0 aliphatic rings. The maximum absolute atomic E-state index is 13.7. The first-order valence-electron chi connectivity index (χ1n) is 11.2. The Hall–Kier alpha value is -3.47. The van der Waals surface area contributed by atoms with Crippen LogP contribution >= 0.6 is 0 Å². The van der Waals surface area contributed by atoms with Gasteiger partial charge in [0.05, 0.1) is 13.0 Å². The van der Waals surface area contributed by atoms with E-state index in [4.69, 9.17) is 0 Å². The standard InChI is InChI=1S/C28H31FN2O2/c1-21(2)16-28(33)31(20-24-10-7-11-25(29)17-24)26-14-12-22(13-15-26)18-27(32)30(3)19-23-8-5-4-6-9-23/h4-15,17,21H,16,18-20H2,1-3H3. The lowest BCUT2D eigenvalue weighted by Crippen LogP contribution is -2.31. The van der Waals surface area contributed by atoms with E-state index in [9.17, 15) is 14.0 Å². The van der Waals surface area contributed by atoms with Gasteiger partial charge in [-0.15, -0.1) is 0 Å². The second kappa shape index (κ2) is 11.4. The number of likely N-dealkylation sites (N-methyl/N-ethyl adjacent to an activating group) is 1. The summed E-state index contributed by atoms with van der Waals surface area (Å²) in [4.78, 5) is 29.0. The van der Waals surface area contributed by atoms with E-state index in [1.54, 1.807) is 22.9 Å². The van der Waals surface area contributed by atoms with E-state index in [0.717, 1.165) is 22.4 Å². The molecule has 0 bridgehead atoms. The Morgan fingerprint density at radius 3 is 2.09 bits per heavy atom. The summed E-state index contributed by atoms with van der Waals surface area (Å²) in [5.41, 5.74) is 3.43. The monoisotopic (exact) mass is 446 g/mol. The predicted octanol–water partition coefficient (Wildman–Crippen LogP) is 5.61. The van der Waals surface area contributed by atoms with E-state index < -0.39 is 0 Å². The van der Waals surface area contributed by atoms with Crippen molar-refractivity contribution in [3.8, 4) is 0 Å². The number of hydrogen-bond donors (Lipinski definition) is 0. The van der Waals surface area contributed by atoms with Gasteiger partial charge < -0.3 is 9.80 Å². The molecule has 0 fully saturated rings. The number of carbonyl (C=O) groups is 2. The van der Waals surface area contributed by atoms with Crippen molar-refractivity contribution in [3.05, 3.63) is 101 Å². The molecule has 0 unspecified atom stereocenters. The van der Waals surface area contributed by atoms with Crippen molar-refractivity contribution in [3.63, 3.8) is 0 Å². The molecule has 0 radical (unpaired) electrons. The van der Waals surface area contributed by atoms with Gasteiger partial charge in [-0.25, -0.2) is 4.39 Å². The second-order valence-corrected chi connectivity index (χ2v) is 8.79. The van der Waals surface area contributed by atoms with Crippen LogP contribution in [0.1, 0.15) is 37.0 Å². The van der Waals surface area contributed by atoms with Crippen LogP contribution in [0.5, 0.6) is 0 Å². The minimum Gasteiger partial charge on any atom is -0.341 e. The van der Waals surface area contributed by atoms with Crippen LogP contribution in [0.4, 0.5) is 10.1 Å². The Bertz CT molecular complexity index is 1060. The minimum atomic E-state index is -0.322. The maximum atomic E-state index is 13.7. The number of anilines is 1. The summed E-state index contributed by atoms with van der Waals surface area (Å²) in [6.07, 6.45) is 0.688. The fraction of sp³-hybridized carbons (Fsp3) is 0.286. The highest BCUT2D eigenvalue weighted by atomic mass is 19.1. The van der Waals surface area contributed by atoms with E-state index in [1.165, 1.54) is 12.1 Å². The molecule has 2 amide bonds. The molecule has 0 saturated carbocycles. The fourth-order valence-electron chi connectivity index (χ4n) is 3.65. The van der Waals surface area contributed by atoms with Gasteiger partial charge >= 0.3 is 0 Å². The summed E-state index contributed by atoms with van der Waals surface area (Å²) in [5, 5.41) is 0. The highest BCUT2D eigenvalue weighted by Gasteiger charge is 2.18. The van der Waals surface area contributed by atoms with E-state index >= 15 is 0 Å². The molecule has 0 saturated heterocycles. The number of halogens is 1. The van der Waals surface area contributed by atoms with Crippen molar-refractivity contribution in [1.29, 1.82) is 0 Å². The molecule has 4 nitrogen and oxygen atoms in total. The molecule has 33 heavy (non-hydrogen) atoms. The third-order valence-electron chi connectivity index (χ3n) is 5.41. The molecule has 172 valence electrons. The van der Waals surface area contributed by atoms with Crippen LogP contribution in [0.3, 0.4) is 0 Å². The van der Waals surface area contributed by atoms with E-state index in [2.05, 4.69) is 0 Å². The van der Waals surface area contributed by atoms with E-state index in [0.29, 0.717) is 19.5 Å². The van der Waals surface area contributed by atoms with Crippen LogP contribution in [0.25, 0.3) is 0 Å². The number of rotatable bonds is 9. The third kappa shape index (κ3) is 7.28. The molecule has 3 aromatic carbocycles. The zero-order valence-corrected chi connectivity index (χ0v) is 19.5. The van der Waals surface area contributed by atoms with Crippen molar-refractivity contribution in [2.45, 2.75) is 39.8 Å². The molecule has 0 aliphatic heterocycles. The van der Waals surface area contributed by atoms with Crippen LogP contribution in [-0.4, -0.2) is 23.8 Å². The Balaban J connectivity index is 1.71. The SMILES string of the molecule is CC(C)CC(=O)N(Cc1cccc(F)c1)c1ccc(CC(=O)N(C)Cc2ccccc2)cc1. The van der Waals surface area contributed by atoms with Gasteiger partial charge in [-0.05, 0) is 46.9 Å². The zero-order chi connectivity index (χ0) is 23.8. The smallest absolute Gasteiger partial charge is 0.227 e. The van der Waals surface area contributed by atoms with E-state index in [1.807, 2.05) is 74.5 Å². The maximum Gasteiger partial charge on any atom is 0.227 e. The fourth-order valence-corrected chi connectivity index (χ4v) is 3.65. The highest BCUT2D eigenvalue weighted by Crippen LogP contribution is 2.22. The van der Waals surface area contributed by atoms with Crippen LogP contribution in [-0.2, 0) is 29.1 Å². The first-order chi connectivity index (χ1) is 15.8. The average Bonchev–Trinajstić information content (AvgIpc) is 2.78. The topological polar surface area (TPSA) is 40.6 Å². The summed E-state index contributed by atoms with van der Waals surface area (Å²) in [7, 11) is 1.80. The van der Waals surface area contributed by atoms with Crippen molar-refractivity contribution >= 4 is 17.5 Å². The third-order valence-corrected chi connectivity index (χ3v) is 5.41. The Kier molecular flexibility index (Phi) is 8.36. The molecule has 0 atom stereocenters. The summed E-state index contributed by atoms with van der Waals surface area (Å²) in [5.74, 6) is -0.0958. The van der Waals surface area contributed by atoms with Crippen molar-refractivity contribution in [2.75, 3.05) is 11.9 Å². The first kappa shape index (κ1) is 24.2. The largest absolute Gasteiger partial charge is 0.341 e. The molecular weight excluding hydrogens is 415 g/mol.